The second-order valence-electron chi connectivity index (χ2n) is 5.25. The Labute approximate surface area is 129 Å². The Morgan fingerprint density at radius 1 is 1.19 bits per heavy atom. The van der Waals surface area contributed by atoms with Gasteiger partial charge in [-0.05, 0) is 43.4 Å². The highest BCUT2D eigenvalue weighted by atomic mass is 35.5. The smallest absolute Gasteiger partial charge is 0.213 e. The van der Waals surface area contributed by atoms with Gasteiger partial charge in [0.25, 0.3) is 0 Å². The van der Waals surface area contributed by atoms with Gasteiger partial charge in [0.15, 0.2) is 0 Å². The summed E-state index contributed by atoms with van der Waals surface area (Å²) >= 11 is 5.85. The summed E-state index contributed by atoms with van der Waals surface area (Å²) in [7, 11) is 0. The van der Waals surface area contributed by atoms with Crippen LogP contribution in [0, 0.1) is 0 Å². The van der Waals surface area contributed by atoms with Crippen molar-refractivity contribution in [2.45, 2.75) is 38.3 Å². The van der Waals surface area contributed by atoms with Gasteiger partial charge in [-0.3, -0.25) is 0 Å². The Bertz CT molecular complexity index is 582. The van der Waals surface area contributed by atoms with E-state index in [2.05, 4.69) is 15.3 Å². The van der Waals surface area contributed by atoms with Crippen LogP contribution in [-0.2, 0) is 6.54 Å². The van der Waals surface area contributed by atoms with Gasteiger partial charge in [0.05, 0.1) is 0 Å². The molecule has 21 heavy (non-hydrogen) atoms. The summed E-state index contributed by atoms with van der Waals surface area (Å²) in [5, 5.41) is 3.77. The Morgan fingerprint density at radius 2 is 2.05 bits per heavy atom. The fraction of sp³-hybridized carbons (Fsp3) is 0.375. The van der Waals surface area contributed by atoms with Crippen molar-refractivity contribution < 1.29 is 4.74 Å². The number of rotatable bonds is 5. The Hall–Kier alpha value is -1.81. The fourth-order valence-corrected chi connectivity index (χ4v) is 2.65. The lowest BCUT2D eigenvalue weighted by atomic mass is 10.2. The molecule has 1 aliphatic rings. The van der Waals surface area contributed by atoms with Gasteiger partial charge in [0.1, 0.15) is 11.3 Å². The SMILES string of the molecule is Clc1cc(NCc2ccc(OC3CCCC3)nc2)ccn1. The second kappa shape index (κ2) is 6.76. The lowest BCUT2D eigenvalue weighted by Gasteiger charge is -2.12. The molecule has 5 heteroatoms. The van der Waals surface area contributed by atoms with Gasteiger partial charge in [-0.2, -0.15) is 0 Å². The van der Waals surface area contributed by atoms with E-state index >= 15 is 0 Å². The summed E-state index contributed by atoms with van der Waals surface area (Å²) in [6.45, 7) is 0.692. The van der Waals surface area contributed by atoms with Crippen LogP contribution < -0.4 is 10.1 Å². The monoisotopic (exact) mass is 303 g/mol. The van der Waals surface area contributed by atoms with Gasteiger partial charge in [-0.1, -0.05) is 17.7 Å². The highest BCUT2D eigenvalue weighted by Gasteiger charge is 2.16. The van der Waals surface area contributed by atoms with Crippen LogP contribution in [0.5, 0.6) is 5.88 Å². The first-order valence-corrected chi connectivity index (χ1v) is 7.64. The topological polar surface area (TPSA) is 47.0 Å². The highest BCUT2D eigenvalue weighted by Crippen LogP contribution is 2.23. The number of aromatic nitrogens is 2. The van der Waals surface area contributed by atoms with Crippen molar-refractivity contribution >= 4 is 17.3 Å². The van der Waals surface area contributed by atoms with Crippen LogP contribution in [0.1, 0.15) is 31.2 Å². The average molecular weight is 304 g/mol. The van der Waals surface area contributed by atoms with E-state index in [9.17, 15) is 0 Å². The first-order valence-electron chi connectivity index (χ1n) is 7.26. The van der Waals surface area contributed by atoms with Crippen LogP contribution in [0.3, 0.4) is 0 Å². The number of hydrogen-bond acceptors (Lipinski definition) is 4. The van der Waals surface area contributed by atoms with E-state index in [1.165, 1.54) is 12.8 Å². The summed E-state index contributed by atoms with van der Waals surface area (Å²) < 4.78 is 5.85. The zero-order valence-electron chi connectivity index (χ0n) is 11.8. The molecule has 0 aliphatic heterocycles. The minimum absolute atomic E-state index is 0.348. The van der Waals surface area contributed by atoms with Gasteiger partial charge in [-0.25, -0.2) is 9.97 Å². The lowest BCUT2D eigenvalue weighted by Crippen LogP contribution is -2.11. The van der Waals surface area contributed by atoms with Crippen LogP contribution in [0.25, 0.3) is 0 Å². The molecule has 0 radical (unpaired) electrons. The Morgan fingerprint density at radius 3 is 2.76 bits per heavy atom. The fourth-order valence-electron chi connectivity index (χ4n) is 2.48. The predicted octanol–water partition coefficient (Wildman–Crippen LogP) is 4.06. The summed E-state index contributed by atoms with van der Waals surface area (Å²) in [4.78, 5) is 8.32. The van der Waals surface area contributed by atoms with Crippen molar-refractivity contribution in [1.82, 2.24) is 9.97 Å². The quantitative estimate of drug-likeness (QED) is 0.846. The zero-order chi connectivity index (χ0) is 14.5. The molecule has 110 valence electrons. The Balaban J connectivity index is 1.54. The number of nitrogens with zero attached hydrogens (tertiary/aromatic N) is 2. The molecule has 2 heterocycles. The normalized spacial score (nSPS) is 15.1. The zero-order valence-corrected chi connectivity index (χ0v) is 12.5. The number of nitrogens with one attached hydrogen (secondary N) is 1. The average Bonchev–Trinajstić information content (AvgIpc) is 3.00. The van der Waals surface area contributed by atoms with E-state index in [4.69, 9.17) is 16.3 Å². The van der Waals surface area contributed by atoms with E-state index in [1.54, 1.807) is 12.3 Å². The van der Waals surface area contributed by atoms with E-state index < -0.39 is 0 Å². The number of anilines is 1. The van der Waals surface area contributed by atoms with Crippen LogP contribution in [0.4, 0.5) is 5.69 Å². The molecule has 0 unspecified atom stereocenters. The van der Waals surface area contributed by atoms with Crippen molar-refractivity contribution in [3.05, 3.63) is 47.4 Å². The van der Waals surface area contributed by atoms with Crippen molar-refractivity contribution in [3.8, 4) is 5.88 Å². The molecule has 0 atom stereocenters. The molecule has 1 aliphatic carbocycles. The number of ether oxygens (including phenoxy) is 1. The van der Waals surface area contributed by atoms with Crippen LogP contribution in [0.15, 0.2) is 36.7 Å². The summed E-state index contributed by atoms with van der Waals surface area (Å²) in [6, 6.07) is 7.66. The van der Waals surface area contributed by atoms with Crippen LogP contribution in [-0.4, -0.2) is 16.1 Å². The maximum atomic E-state index is 5.85. The van der Waals surface area contributed by atoms with E-state index in [-0.39, 0.29) is 0 Å². The van der Waals surface area contributed by atoms with E-state index in [0.717, 1.165) is 30.0 Å². The van der Waals surface area contributed by atoms with Gasteiger partial charge in [0, 0.05) is 30.7 Å². The largest absolute Gasteiger partial charge is 0.474 e. The second-order valence-corrected chi connectivity index (χ2v) is 5.64. The van der Waals surface area contributed by atoms with Crippen molar-refractivity contribution in [1.29, 1.82) is 0 Å². The highest BCUT2D eigenvalue weighted by molar-refractivity contribution is 6.29. The maximum Gasteiger partial charge on any atom is 0.213 e. The lowest BCUT2D eigenvalue weighted by molar-refractivity contribution is 0.201. The molecule has 0 spiro atoms. The van der Waals surface area contributed by atoms with E-state index in [0.29, 0.717) is 17.8 Å². The molecule has 0 bridgehead atoms. The molecule has 0 amide bonds. The summed E-state index contributed by atoms with van der Waals surface area (Å²) in [6.07, 6.45) is 8.70. The summed E-state index contributed by atoms with van der Waals surface area (Å²) in [5.41, 5.74) is 2.04. The molecule has 2 aromatic heterocycles. The van der Waals surface area contributed by atoms with Crippen LogP contribution in [0.2, 0.25) is 5.15 Å². The minimum atomic E-state index is 0.348. The van der Waals surface area contributed by atoms with Crippen molar-refractivity contribution in [2.75, 3.05) is 5.32 Å². The van der Waals surface area contributed by atoms with Crippen molar-refractivity contribution in [2.24, 2.45) is 0 Å². The number of halogens is 1. The van der Waals surface area contributed by atoms with Gasteiger partial charge >= 0.3 is 0 Å². The molecular formula is C16H18ClN3O. The molecule has 3 rings (SSSR count). The third-order valence-corrected chi connectivity index (χ3v) is 3.82. The molecule has 1 saturated carbocycles. The molecule has 4 nitrogen and oxygen atoms in total. The minimum Gasteiger partial charge on any atom is -0.474 e. The number of pyridine rings is 2. The predicted molar refractivity (Wildman–Crippen MR) is 83.7 cm³/mol. The Kier molecular flexibility index (Phi) is 4.55. The van der Waals surface area contributed by atoms with Crippen LogP contribution >= 0.6 is 11.6 Å². The third kappa shape index (κ3) is 4.08. The molecule has 2 aromatic rings. The molecule has 0 aromatic carbocycles. The number of hydrogen-bond donors (Lipinski definition) is 1. The summed E-state index contributed by atoms with van der Waals surface area (Å²) in [5.74, 6) is 0.720. The first kappa shape index (κ1) is 14.1. The third-order valence-electron chi connectivity index (χ3n) is 3.61. The molecular weight excluding hydrogens is 286 g/mol. The van der Waals surface area contributed by atoms with Gasteiger partial charge in [0.2, 0.25) is 5.88 Å². The maximum absolute atomic E-state index is 5.85. The molecule has 1 N–H and O–H groups in total. The van der Waals surface area contributed by atoms with Gasteiger partial charge < -0.3 is 10.1 Å². The van der Waals surface area contributed by atoms with Gasteiger partial charge in [-0.15, -0.1) is 0 Å². The van der Waals surface area contributed by atoms with E-state index in [1.807, 2.05) is 24.4 Å². The first-order chi connectivity index (χ1) is 10.3. The molecule has 0 saturated heterocycles. The standard InChI is InChI=1S/C16H18ClN3O/c17-15-9-13(7-8-18-15)19-10-12-5-6-16(20-11-12)21-14-3-1-2-4-14/h5-9,11,14H,1-4,10H2,(H,18,19). The van der Waals surface area contributed by atoms with Crippen molar-refractivity contribution in [3.63, 3.8) is 0 Å². The molecule has 1 fully saturated rings.